The van der Waals surface area contributed by atoms with E-state index >= 15 is 0 Å². The van der Waals surface area contributed by atoms with Gasteiger partial charge in [0.2, 0.25) is 12.7 Å². The second-order valence-corrected chi connectivity index (χ2v) is 9.75. The summed E-state index contributed by atoms with van der Waals surface area (Å²) in [5, 5.41) is 3.07. The molecule has 0 saturated carbocycles. The minimum Gasteiger partial charge on any atom is -0.454 e. The molecule has 2 amide bonds. The maximum absolute atomic E-state index is 13.0. The summed E-state index contributed by atoms with van der Waals surface area (Å²) >= 11 is 1.63. The number of carbonyl (C=O) groups is 2. The molecule has 0 bridgehead atoms. The minimum atomic E-state index is -0.0442. The Morgan fingerprint density at radius 1 is 1.06 bits per heavy atom. The van der Waals surface area contributed by atoms with Gasteiger partial charge in [-0.2, -0.15) is 0 Å². The van der Waals surface area contributed by atoms with Gasteiger partial charge in [0.25, 0.3) is 5.91 Å². The first-order chi connectivity index (χ1) is 15.2. The van der Waals surface area contributed by atoms with E-state index in [9.17, 15) is 9.59 Å². The normalized spacial score (nSPS) is 20.1. The number of fused-ring (bicyclic) bond motifs is 2. The number of thiophene rings is 1. The van der Waals surface area contributed by atoms with E-state index in [1.165, 1.54) is 23.3 Å². The maximum atomic E-state index is 13.0. The molecule has 31 heavy (non-hydrogen) atoms. The standard InChI is InChI=1S/C24H28N2O4S/c27-23(25-14-16-5-7-19-20(11-16)30-15-29-19)17-6-8-21-18(12-17)13-22(31-21)24(28)26-9-3-1-2-4-10-26/h5,7,11,13,17H,1-4,6,8-10,12,14-15H2,(H,25,27)/t17-/m1/s1. The van der Waals surface area contributed by atoms with Crippen molar-refractivity contribution in [1.82, 2.24) is 10.2 Å². The Balaban J connectivity index is 1.19. The molecule has 1 fully saturated rings. The van der Waals surface area contributed by atoms with Crippen LogP contribution < -0.4 is 14.8 Å². The number of likely N-dealkylation sites (tertiary alicyclic amines) is 1. The zero-order chi connectivity index (χ0) is 21.2. The Hall–Kier alpha value is -2.54. The zero-order valence-corrected chi connectivity index (χ0v) is 18.5. The molecule has 1 atom stereocenters. The van der Waals surface area contributed by atoms with Crippen LogP contribution in [0.25, 0.3) is 0 Å². The average Bonchev–Trinajstić information content (AvgIpc) is 3.34. The summed E-state index contributed by atoms with van der Waals surface area (Å²) in [6.07, 6.45) is 7.05. The molecule has 2 aliphatic heterocycles. The molecule has 164 valence electrons. The van der Waals surface area contributed by atoms with Crippen molar-refractivity contribution in [1.29, 1.82) is 0 Å². The van der Waals surface area contributed by atoms with E-state index in [1.807, 2.05) is 29.2 Å². The monoisotopic (exact) mass is 440 g/mol. The number of carbonyl (C=O) groups excluding carboxylic acids is 2. The van der Waals surface area contributed by atoms with Gasteiger partial charge in [0, 0.05) is 30.4 Å². The fraction of sp³-hybridized carbons (Fsp3) is 0.500. The summed E-state index contributed by atoms with van der Waals surface area (Å²) in [7, 11) is 0. The molecular formula is C24H28N2O4S. The highest BCUT2D eigenvalue weighted by molar-refractivity contribution is 7.14. The Morgan fingerprint density at radius 3 is 2.71 bits per heavy atom. The van der Waals surface area contributed by atoms with Gasteiger partial charge in [-0.25, -0.2) is 0 Å². The van der Waals surface area contributed by atoms with Crippen LogP contribution in [0.15, 0.2) is 24.3 Å². The van der Waals surface area contributed by atoms with Crippen molar-refractivity contribution in [3.05, 3.63) is 45.1 Å². The highest BCUT2D eigenvalue weighted by atomic mass is 32.1. The smallest absolute Gasteiger partial charge is 0.263 e. The summed E-state index contributed by atoms with van der Waals surface area (Å²) in [6.45, 7) is 2.46. The number of hydrogen-bond acceptors (Lipinski definition) is 5. The lowest BCUT2D eigenvalue weighted by atomic mass is 9.87. The van der Waals surface area contributed by atoms with E-state index in [0.717, 1.165) is 60.7 Å². The molecule has 2 aromatic rings. The molecule has 0 spiro atoms. The number of nitrogens with one attached hydrogen (secondary N) is 1. The Morgan fingerprint density at radius 2 is 1.87 bits per heavy atom. The Bertz CT molecular complexity index is 978. The quantitative estimate of drug-likeness (QED) is 0.783. The first kappa shape index (κ1) is 20.4. The van der Waals surface area contributed by atoms with Crippen molar-refractivity contribution in [2.75, 3.05) is 19.9 Å². The van der Waals surface area contributed by atoms with Crippen LogP contribution in [-0.2, 0) is 24.2 Å². The van der Waals surface area contributed by atoms with Gasteiger partial charge in [-0.05, 0) is 61.4 Å². The molecule has 6 nitrogen and oxygen atoms in total. The average molecular weight is 441 g/mol. The fourth-order valence-electron chi connectivity index (χ4n) is 4.67. The number of rotatable bonds is 4. The number of benzene rings is 1. The van der Waals surface area contributed by atoms with E-state index in [1.54, 1.807) is 11.3 Å². The molecule has 0 radical (unpaired) electrons. The number of hydrogen-bond donors (Lipinski definition) is 1. The van der Waals surface area contributed by atoms with Crippen LogP contribution in [0.1, 0.15) is 57.8 Å². The van der Waals surface area contributed by atoms with Gasteiger partial charge in [0.05, 0.1) is 4.88 Å². The molecule has 3 aliphatic rings. The predicted octanol–water partition coefficient (Wildman–Crippen LogP) is 3.91. The van der Waals surface area contributed by atoms with Crippen molar-refractivity contribution >= 4 is 23.2 Å². The van der Waals surface area contributed by atoms with Crippen LogP contribution in [0.3, 0.4) is 0 Å². The fourth-order valence-corrected chi connectivity index (χ4v) is 5.84. The lowest BCUT2D eigenvalue weighted by Gasteiger charge is -2.21. The first-order valence-electron chi connectivity index (χ1n) is 11.2. The summed E-state index contributed by atoms with van der Waals surface area (Å²) in [6, 6.07) is 7.79. The second-order valence-electron chi connectivity index (χ2n) is 8.61. The maximum Gasteiger partial charge on any atom is 0.263 e. The van der Waals surface area contributed by atoms with Crippen LogP contribution >= 0.6 is 11.3 Å². The van der Waals surface area contributed by atoms with Crippen LogP contribution in [0.4, 0.5) is 0 Å². The lowest BCUT2D eigenvalue weighted by Crippen LogP contribution is -2.33. The van der Waals surface area contributed by atoms with Crippen LogP contribution in [-0.4, -0.2) is 36.6 Å². The lowest BCUT2D eigenvalue weighted by molar-refractivity contribution is -0.125. The number of amides is 2. The predicted molar refractivity (Wildman–Crippen MR) is 119 cm³/mol. The topological polar surface area (TPSA) is 67.9 Å². The number of ether oxygens (including phenoxy) is 2. The Labute approximate surface area is 186 Å². The summed E-state index contributed by atoms with van der Waals surface area (Å²) in [4.78, 5) is 29.9. The molecule has 3 heterocycles. The summed E-state index contributed by atoms with van der Waals surface area (Å²) in [5.74, 6) is 1.68. The van der Waals surface area contributed by atoms with Crippen molar-refractivity contribution in [3.8, 4) is 11.5 Å². The zero-order valence-electron chi connectivity index (χ0n) is 17.7. The van der Waals surface area contributed by atoms with Crippen LogP contribution in [0.2, 0.25) is 0 Å². The first-order valence-corrected chi connectivity index (χ1v) is 12.1. The van der Waals surface area contributed by atoms with E-state index in [2.05, 4.69) is 5.32 Å². The highest BCUT2D eigenvalue weighted by Crippen LogP contribution is 2.34. The van der Waals surface area contributed by atoms with Crippen molar-refractivity contribution in [2.45, 2.75) is 51.5 Å². The molecule has 1 N–H and O–H groups in total. The number of nitrogens with zero attached hydrogens (tertiary/aromatic N) is 1. The minimum absolute atomic E-state index is 0.0442. The molecule has 1 aromatic carbocycles. The van der Waals surface area contributed by atoms with Gasteiger partial charge in [-0.15, -0.1) is 11.3 Å². The molecule has 1 aromatic heterocycles. The molecule has 0 unspecified atom stereocenters. The van der Waals surface area contributed by atoms with Gasteiger partial charge in [-0.1, -0.05) is 18.9 Å². The van der Waals surface area contributed by atoms with Gasteiger partial charge in [-0.3, -0.25) is 9.59 Å². The third-order valence-corrected chi connectivity index (χ3v) is 7.69. The third kappa shape index (κ3) is 4.42. The highest BCUT2D eigenvalue weighted by Gasteiger charge is 2.28. The molecular weight excluding hydrogens is 412 g/mol. The molecule has 5 rings (SSSR count). The summed E-state index contributed by atoms with van der Waals surface area (Å²) in [5.41, 5.74) is 2.17. The van der Waals surface area contributed by atoms with Crippen molar-refractivity contribution < 1.29 is 19.1 Å². The van der Waals surface area contributed by atoms with Crippen molar-refractivity contribution in [3.63, 3.8) is 0 Å². The number of aryl methyl sites for hydroxylation is 1. The van der Waals surface area contributed by atoms with E-state index < -0.39 is 0 Å². The second kappa shape index (κ2) is 8.91. The van der Waals surface area contributed by atoms with E-state index in [0.29, 0.717) is 13.0 Å². The van der Waals surface area contributed by atoms with E-state index in [-0.39, 0.29) is 24.5 Å². The third-order valence-electron chi connectivity index (χ3n) is 6.46. The Kier molecular flexibility index (Phi) is 5.85. The largest absolute Gasteiger partial charge is 0.454 e. The van der Waals surface area contributed by atoms with Gasteiger partial charge in [0.1, 0.15) is 0 Å². The molecule has 1 saturated heterocycles. The van der Waals surface area contributed by atoms with Gasteiger partial charge >= 0.3 is 0 Å². The van der Waals surface area contributed by atoms with Crippen LogP contribution in [0.5, 0.6) is 11.5 Å². The van der Waals surface area contributed by atoms with E-state index in [4.69, 9.17) is 9.47 Å². The SMILES string of the molecule is O=C(NCc1ccc2c(c1)OCO2)[C@@H]1CCc2sc(C(=O)N3CCCCCC3)cc2C1. The molecule has 7 heteroatoms. The van der Waals surface area contributed by atoms with Crippen molar-refractivity contribution in [2.24, 2.45) is 5.92 Å². The van der Waals surface area contributed by atoms with Crippen LogP contribution in [0, 0.1) is 5.92 Å². The van der Waals surface area contributed by atoms with Gasteiger partial charge in [0.15, 0.2) is 11.5 Å². The molecule has 1 aliphatic carbocycles. The summed E-state index contributed by atoms with van der Waals surface area (Å²) < 4.78 is 10.7. The van der Waals surface area contributed by atoms with Gasteiger partial charge < -0.3 is 19.7 Å².